The van der Waals surface area contributed by atoms with Crippen molar-refractivity contribution >= 4 is 17.9 Å². The van der Waals surface area contributed by atoms with Crippen LogP contribution in [0.3, 0.4) is 0 Å². The van der Waals surface area contributed by atoms with Gasteiger partial charge in [-0.2, -0.15) is 0 Å². The largest absolute Gasteiger partial charge is 0.462 e. The molecule has 6 nitrogen and oxygen atoms in total. The molecule has 0 heterocycles. The third kappa shape index (κ3) is 51.1. The maximum Gasteiger partial charge on any atom is 0.306 e. The lowest BCUT2D eigenvalue weighted by molar-refractivity contribution is -0.167. The van der Waals surface area contributed by atoms with E-state index < -0.39 is 6.10 Å². The molecule has 6 heteroatoms. The van der Waals surface area contributed by atoms with E-state index in [2.05, 4.69) is 32.9 Å². The minimum absolute atomic E-state index is 0.0675. The van der Waals surface area contributed by atoms with Gasteiger partial charge in [-0.25, -0.2) is 0 Å². The Morgan fingerprint density at radius 1 is 0.297 bits per heavy atom. The van der Waals surface area contributed by atoms with E-state index in [4.69, 9.17) is 14.2 Å². The number of allylic oxidation sites excluding steroid dienone is 2. The van der Waals surface area contributed by atoms with Crippen molar-refractivity contribution in [3.8, 4) is 0 Å². The number of esters is 3. The van der Waals surface area contributed by atoms with Crippen molar-refractivity contribution in [1.29, 1.82) is 0 Å². The molecule has 0 amide bonds. The summed E-state index contributed by atoms with van der Waals surface area (Å²) in [7, 11) is 0. The number of rotatable bonds is 53. The molecule has 1 atom stereocenters. The smallest absolute Gasteiger partial charge is 0.306 e. The second-order valence-corrected chi connectivity index (χ2v) is 19.6. The van der Waals surface area contributed by atoms with Crippen LogP contribution in [0.15, 0.2) is 12.2 Å². The van der Waals surface area contributed by atoms with Crippen molar-refractivity contribution < 1.29 is 28.6 Å². The van der Waals surface area contributed by atoms with Crippen molar-refractivity contribution in [2.24, 2.45) is 0 Å². The van der Waals surface area contributed by atoms with E-state index in [1.165, 1.54) is 218 Å². The normalized spacial score (nSPS) is 12.0. The van der Waals surface area contributed by atoms with Gasteiger partial charge in [-0.15, -0.1) is 0 Å². The zero-order valence-corrected chi connectivity index (χ0v) is 43.3. The monoisotopic (exact) mass is 903 g/mol. The highest BCUT2D eigenvalue weighted by Crippen LogP contribution is 2.17. The van der Waals surface area contributed by atoms with Crippen LogP contribution in [-0.2, 0) is 28.6 Å². The molecule has 64 heavy (non-hydrogen) atoms. The number of unbranched alkanes of at least 4 members (excludes halogenated alkanes) is 40. The average Bonchev–Trinajstić information content (AvgIpc) is 3.29. The Morgan fingerprint density at radius 3 is 0.781 bits per heavy atom. The summed E-state index contributed by atoms with van der Waals surface area (Å²) in [5, 5.41) is 0. The predicted octanol–water partition coefficient (Wildman–Crippen LogP) is 18.9. The predicted molar refractivity (Wildman–Crippen MR) is 275 cm³/mol. The summed E-state index contributed by atoms with van der Waals surface area (Å²) in [6, 6.07) is 0. The van der Waals surface area contributed by atoms with Crippen LogP contribution in [0.1, 0.15) is 323 Å². The van der Waals surface area contributed by atoms with Crippen LogP contribution in [-0.4, -0.2) is 37.2 Å². The fourth-order valence-corrected chi connectivity index (χ4v) is 8.68. The lowest BCUT2D eigenvalue weighted by atomic mass is 10.0. The molecule has 0 aromatic carbocycles. The summed E-state index contributed by atoms with van der Waals surface area (Å²) in [6.45, 7) is 6.60. The first-order valence-corrected chi connectivity index (χ1v) is 28.7. The molecule has 0 fully saturated rings. The second kappa shape index (κ2) is 53.8. The Hall–Kier alpha value is -1.85. The summed E-state index contributed by atoms with van der Waals surface area (Å²) < 4.78 is 16.7. The first-order chi connectivity index (χ1) is 31.5. The van der Waals surface area contributed by atoms with E-state index in [9.17, 15) is 14.4 Å². The van der Waals surface area contributed by atoms with Crippen LogP contribution in [0.4, 0.5) is 0 Å². The highest BCUT2D eigenvalue weighted by Gasteiger charge is 2.19. The molecule has 0 radical (unpaired) electrons. The van der Waals surface area contributed by atoms with Crippen LogP contribution in [0, 0.1) is 0 Å². The maximum absolute atomic E-state index is 12.8. The molecule has 0 saturated heterocycles. The zero-order chi connectivity index (χ0) is 46.5. The molecule has 0 N–H and O–H groups in total. The molecule has 0 rings (SSSR count). The SMILES string of the molecule is CCCCCCCC/C=C\CCCCCCCCCC(=O)OC(COC(=O)CCCCCCC)COC(=O)CCCCCCCCCCCCCCCCCCCCCCCCCC. The Balaban J connectivity index is 4.02. The van der Waals surface area contributed by atoms with Crippen molar-refractivity contribution in [2.45, 2.75) is 329 Å². The van der Waals surface area contributed by atoms with Gasteiger partial charge in [-0.1, -0.05) is 270 Å². The van der Waals surface area contributed by atoms with E-state index in [-0.39, 0.29) is 31.1 Å². The van der Waals surface area contributed by atoms with Crippen LogP contribution in [0.25, 0.3) is 0 Å². The molecule has 0 aliphatic heterocycles. The van der Waals surface area contributed by atoms with Crippen molar-refractivity contribution in [1.82, 2.24) is 0 Å². The van der Waals surface area contributed by atoms with Crippen molar-refractivity contribution in [3.05, 3.63) is 12.2 Å². The fraction of sp³-hybridized carbons (Fsp3) is 0.914. The van der Waals surface area contributed by atoms with Crippen LogP contribution in [0.5, 0.6) is 0 Å². The van der Waals surface area contributed by atoms with E-state index in [1.807, 2.05) is 0 Å². The second-order valence-electron chi connectivity index (χ2n) is 19.6. The van der Waals surface area contributed by atoms with Gasteiger partial charge in [0.2, 0.25) is 0 Å². The minimum atomic E-state index is -0.764. The van der Waals surface area contributed by atoms with E-state index >= 15 is 0 Å². The summed E-state index contributed by atoms with van der Waals surface area (Å²) in [5.41, 5.74) is 0. The van der Waals surface area contributed by atoms with Gasteiger partial charge < -0.3 is 14.2 Å². The Labute approximate surface area is 399 Å². The number of ether oxygens (including phenoxy) is 3. The quantitative estimate of drug-likeness (QED) is 0.0262. The van der Waals surface area contributed by atoms with Crippen LogP contribution < -0.4 is 0 Å². The molecule has 0 bridgehead atoms. The topological polar surface area (TPSA) is 78.9 Å². The van der Waals surface area contributed by atoms with Gasteiger partial charge in [-0.05, 0) is 44.9 Å². The van der Waals surface area contributed by atoms with Crippen molar-refractivity contribution in [3.63, 3.8) is 0 Å². The van der Waals surface area contributed by atoms with Crippen LogP contribution in [0.2, 0.25) is 0 Å². The molecule has 1 unspecified atom stereocenters. The molecular formula is C58H110O6. The van der Waals surface area contributed by atoms with E-state index in [1.54, 1.807) is 0 Å². The van der Waals surface area contributed by atoms with Gasteiger partial charge in [-0.3, -0.25) is 14.4 Å². The lowest BCUT2D eigenvalue weighted by Gasteiger charge is -2.18. The minimum Gasteiger partial charge on any atom is -0.462 e. The van der Waals surface area contributed by atoms with E-state index in [0.717, 1.165) is 64.2 Å². The first-order valence-electron chi connectivity index (χ1n) is 28.7. The molecule has 0 saturated carbocycles. The average molecular weight is 904 g/mol. The van der Waals surface area contributed by atoms with Gasteiger partial charge in [0.25, 0.3) is 0 Å². The number of carbonyl (C=O) groups excluding carboxylic acids is 3. The molecule has 0 aromatic heterocycles. The third-order valence-electron chi connectivity index (χ3n) is 13.0. The molecule has 378 valence electrons. The number of carbonyl (C=O) groups is 3. The molecular weight excluding hydrogens is 793 g/mol. The van der Waals surface area contributed by atoms with Crippen molar-refractivity contribution in [2.75, 3.05) is 13.2 Å². The highest BCUT2D eigenvalue weighted by molar-refractivity contribution is 5.71. The highest BCUT2D eigenvalue weighted by atomic mass is 16.6. The lowest BCUT2D eigenvalue weighted by Crippen LogP contribution is -2.30. The Morgan fingerprint density at radius 2 is 0.516 bits per heavy atom. The molecule has 0 aromatic rings. The molecule has 0 spiro atoms. The van der Waals surface area contributed by atoms with Gasteiger partial charge >= 0.3 is 17.9 Å². The van der Waals surface area contributed by atoms with Gasteiger partial charge in [0, 0.05) is 19.3 Å². The summed E-state index contributed by atoms with van der Waals surface area (Å²) in [4.78, 5) is 37.8. The van der Waals surface area contributed by atoms with E-state index in [0.29, 0.717) is 19.3 Å². The molecule has 0 aliphatic carbocycles. The fourth-order valence-electron chi connectivity index (χ4n) is 8.68. The standard InChI is InChI=1S/C58H110O6/c1-4-7-10-13-15-17-19-21-23-25-26-27-28-29-30-31-33-34-36-38-40-42-45-48-51-57(60)63-54-55(53-62-56(59)50-47-44-12-9-6-3)64-58(61)52-49-46-43-41-39-37-35-32-24-22-20-18-16-14-11-8-5-2/h22,24,55H,4-21,23,25-54H2,1-3H3/b24-22-. The number of hydrogen-bond donors (Lipinski definition) is 0. The first kappa shape index (κ1) is 62.1. The van der Waals surface area contributed by atoms with Gasteiger partial charge in [0.1, 0.15) is 13.2 Å². The Kier molecular flexibility index (Phi) is 52.2. The Bertz CT molecular complexity index is 993. The summed E-state index contributed by atoms with van der Waals surface area (Å²) >= 11 is 0. The van der Waals surface area contributed by atoms with Gasteiger partial charge in [0.15, 0.2) is 6.10 Å². The zero-order valence-electron chi connectivity index (χ0n) is 43.3. The maximum atomic E-state index is 12.8. The summed E-state index contributed by atoms with van der Waals surface area (Å²) in [6.07, 6.45) is 61.1. The van der Waals surface area contributed by atoms with Crippen LogP contribution >= 0.6 is 0 Å². The third-order valence-corrected chi connectivity index (χ3v) is 13.0. The van der Waals surface area contributed by atoms with Gasteiger partial charge in [0.05, 0.1) is 0 Å². The molecule has 0 aliphatic rings. The summed E-state index contributed by atoms with van der Waals surface area (Å²) in [5.74, 6) is -0.867. The number of hydrogen-bond acceptors (Lipinski definition) is 6.